The molecule has 0 saturated heterocycles. The number of para-hydroxylation sites is 2. The molecule has 0 radical (unpaired) electrons. The molecule has 0 amide bonds. The Morgan fingerprint density at radius 3 is 2.62 bits per heavy atom. The highest BCUT2D eigenvalue weighted by molar-refractivity contribution is 7.18. The zero-order valence-electron chi connectivity index (χ0n) is 12.8. The number of benzene rings is 2. The molecule has 3 aromatic rings. The third-order valence-electron chi connectivity index (χ3n) is 3.98. The molecule has 1 aliphatic rings. The van der Waals surface area contributed by atoms with Crippen molar-refractivity contribution >= 4 is 28.0 Å². The van der Waals surface area contributed by atoms with Crippen molar-refractivity contribution in [3.05, 3.63) is 65.5 Å². The number of anilines is 2. The van der Waals surface area contributed by atoms with Gasteiger partial charge in [0, 0.05) is 5.56 Å². The van der Waals surface area contributed by atoms with Gasteiger partial charge in [-0.25, -0.2) is 4.79 Å². The molecule has 2 aromatic carbocycles. The Hall–Kier alpha value is -2.79. The van der Waals surface area contributed by atoms with Crippen LogP contribution in [0.2, 0.25) is 0 Å². The molecule has 0 bridgehead atoms. The van der Waals surface area contributed by atoms with E-state index in [0.29, 0.717) is 18.0 Å². The van der Waals surface area contributed by atoms with Crippen LogP contribution in [0.15, 0.2) is 60.7 Å². The first kappa shape index (κ1) is 14.8. The number of hydrogen-bond acceptors (Lipinski definition) is 4. The maximum atomic E-state index is 11.5. The topological polar surface area (TPSA) is 49.8 Å². The number of aromatic carboxylic acids is 1. The van der Waals surface area contributed by atoms with Gasteiger partial charge in [-0.2, -0.15) is 0 Å². The number of thiophene rings is 1. The van der Waals surface area contributed by atoms with Gasteiger partial charge in [0.1, 0.15) is 22.2 Å². The van der Waals surface area contributed by atoms with Crippen molar-refractivity contribution in [2.45, 2.75) is 0 Å². The van der Waals surface area contributed by atoms with Gasteiger partial charge in [0.25, 0.3) is 0 Å². The maximum Gasteiger partial charge on any atom is 0.345 e. The molecule has 2 heterocycles. The highest BCUT2D eigenvalue weighted by atomic mass is 32.1. The molecule has 1 aromatic heterocycles. The SMILES string of the molecule is O=C(O)c1cc(-c2ccccc2)c(N2CCOc3ccccc32)s1. The summed E-state index contributed by atoms with van der Waals surface area (Å²) >= 11 is 1.30. The molecular formula is C19H15NO3S. The Kier molecular flexibility index (Phi) is 3.70. The van der Waals surface area contributed by atoms with Crippen LogP contribution in [0.25, 0.3) is 11.1 Å². The Bertz CT molecular complexity index is 889. The van der Waals surface area contributed by atoms with E-state index < -0.39 is 5.97 Å². The number of fused-ring (bicyclic) bond motifs is 1. The predicted molar refractivity (Wildman–Crippen MR) is 95.7 cm³/mol. The first-order chi connectivity index (χ1) is 11.7. The highest BCUT2D eigenvalue weighted by Gasteiger charge is 2.25. The van der Waals surface area contributed by atoms with Gasteiger partial charge in [-0.15, -0.1) is 11.3 Å². The fraction of sp³-hybridized carbons (Fsp3) is 0.105. The van der Waals surface area contributed by atoms with Crippen molar-refractivity contribution in [1.29, 1.82) is 0 Å². The Morgan fingerprint density at radius 1 is 1.08 bits per heavy atom. The lowest BCUT2D eigenvalue weighted by molar-refractivity contribution is 0.0702. The summed E-state index contributed by atoms with van der Waals surface area (Å²) in [5.74, 6) is -0.0713. The van der Waals surface area contributed by atoms with Crippen LogP contribution in [0.5, 0.6) is 5.75 Å². The smallest absolute Gasteiger partial charge is 0.345 e. The van der Waals surface area contributed by atoms with Gasteiger partial charge >= 0.3 is 5.97 Å². The molecule has 1 N–H and O–H groups in total. The van der Waals surface area contributed by atoms with Gasteiger partial charge in [-0.1, -0.05) is 42.5 Å². The fourth-order valence-electron chi connectivity index (χ4n) is 2.89. The number of rotatable bonds is 3. The van der Waals surface area contributed by atoms with Gasteiger partial charge in [0.2, 0.25) is 0 Å². The molecular weight excluding hydrogens is 322 g/mol. The first-order valence-electron chi connectivity index (χ1n) is 7.66. The van der Waals surface area contributed by atoms with Crippen LogP contribution in [0.3, 0.4) is 0 Å². The second kappa shape index (κ2) is 6.02. The van der Waals surface area contributed by atoms with E-state index in [1.807, 2.05) is 54.6 Å². The van der Waals surface area contributed by atoms with Gasteiger partial charge in [-0.05, 0) is 23.8 Å². The summed E-state index contributed by atoms with van der Waals surface area (Å²) in [4.78, 5) is 14.0. The number of ether oxygens (including phenoxy) is 1. The van der Waals surface area contributed by atoms with E-state index in [1.54, 1.807) is 6.07 Å². The number of nitrogens with zero attached hydrogens (tertiary/aromatic N) is 1. The van der Waals surface area contributed by atoms with Crippen molar-refractivity contribution in [3.8, 4) is 16.9 Å². The monoisotopic (exact) mass is 337 g/mol. The molecule has 0 atom stereocenters. The number of carbonyl (C=O) groups is 1. The van der Waals surface area contributed by atoms with Crippen molar-refractivity contribution in [2.75, 3.05) is 18.1 Å². The number of carboxylic acids is 1. The van der Waals surface area contributed by atoms with Crippen molar-refractivity contribution in [3.63, 3.8) is 0 Å². The summed E-state index contributed by atoms with van der Waals surface area (Å²) in [5, 5.41) is 10.4. The molecule has 0 aliphatic carbocycles. The summed E-state index contributed by atoms with van der Waals surface area (Å²) < 4.78 is 5.72. The quantitative estimate of drug-likeness (QED) is 0.756. The van der Waals surface area contributed by atoms with Crippen LogP contribution in [0.1, 0.15) is 9.67 Å². The molecule has 0 unspecified atom stereocenters. The van der Waals surface area contributed by atoms with E-state index in [4.69, 9.17) is 4.74 Å². The number of carboxylic acid groups (broad SMARTS) is 1. The van der Waals surface area contributed by atoms with Gasteiger partial charge in [-0.3, -0.25) is 0 Å². The van der Waals surface area contributed by atoms with E-state index in [9.17, 15) is 9.90 Å². The Labute approximate surface area is 143 Å². The first-order valence-corrected chi connectivity index (χ1v) is 8.47. The second-order valence-electron chi connectivity index (χ2n) is 5.47. The molecule has 120 valence electrons. The molecule has 24 heavy (non-hydrogen) atoms. The normalized spacial score (nSPS) is 13.2. The van der Waals surface area contributed by atoms with Gasteiger partial charge in [0.05, 0.1) is 12.2 Å². The zero-order valence-corrected chi connectivity index (χ0v) is 13.6. The van der Waals surface area contributed by atoms with Crippen LogP contribution in [0, 0.1) is 0 Å². The van der Waals surface area contributed by atoms with E-state index in [1.165, 1.54) is 11.3 Å². The molecule has 4 rings (SSSR count). The molecule has 0 fully saturated rings. The summed E-state index contributed by atoms with van der Waals surface area (Å²) in [5.41, 5.74) is 2.93. The molecule has 4 nitrogen and oxygen atoms in total. The summed E-state index contributed by atoms with van der Waals surface area (Å²) in [6.45, 7) is 1.27. The summed E-state index contributed by atoms with van der Waals surface area (Å²) in [7, 11) is 0. The van der Waals surface area contributed by atoms with E-state index in [0.717, 1.165) is 27.6 Å². The van der Waals surface area contributed by atoms with Crippen LogP contribution in [0.4, 0.5) is 10.7 Å². The Morgan fingerprint density at radius 2 is 1.83 bits per heavy atom. The van der Waals surface area contributed by atoms with Gasteiger partial charge < -0.3 is 14.7 Å². The van der Waals surface area contributed by atoms with E-state index in [-0.39, 0.29) is 0 Å². The largest absolute Gasteiger partial charge is 0.490 e. The van der Waals surface area contributed by atoms with Crippen LogP contribution in [-0.2, 0) is 0 Å². The van der Waals surface area contributed by atoms with Crippen LogP contribution < -0.4 is 9.64 Å². The third-order valence-corrected chi connectivity index (χ3v) is 5.13. The minimum Gasteiger partial charge on any atom is -0.490 e. The van der Waals surface area contributed by atoms with E-state index >= 15 is 0 Å². The minimum absolute atomic E-state index is 0.341. The molecule has 0 saturated carbocycles. The van der Waals surface area contributed by atoms with Crippen molar-refractivity contribution < 1.29 is 14.6 Å². The summed E-state index contributed by atoms with van der Waals surface area (Å²) in [6.07, 6.45) is 0. The fourth-order valence-corrected chi connectivity index (χ4v) is 3.95. The average molecular weight is 337 g/mol. The lowest BCUT2D eigenvalue weighted by Crippen LogP contribution is -2.28. The highest BCUT2D eigenvalue weighted by Crippen LogP contribution is 2.45. The van der Waals surface area contributed by atoms with Gasteiger partial charge in [0.15, 0.2) is 0 Å². The Balaban J connectivity index is 1.88. The van der Waals surface area contributed by atoms with Crippen LogP contribution in [-0.4, -0.2) is 24.2 Å². The third kappa shape index (κ3) is 2.53. The van der Waals surface area contributed by atoms with E-state index in [2.05, 4.69) is 4.90 Å². The second-order valence-corrected chi connectivity index (χ2v) is 6.50. The lowest BCUT2D eigenvalue weighted by Gasteiger charge is -2.31. The standard InChI is InChI=1S/C19H15NO3S/c21-19(22)17-12-14(13-6-2-1-3-7-13)18(24-17)20-10-11-23-16-9-5-4-8-15(16)20/h1-9,12H,10-11H2,(H,21,22). The lowest BCUT2D eigenvalue weighted by atomic mass is 10.1. The number of hydrogen-bond donors (Lipinski definition) is 1. The van der Waals surface area contributed by atoms with Crippen molar-refractivity contribution in [2.24, 2.45) is 0 Å². The average Bonchev–Trinajstić information content (AvgIpc) is 3.07. The van der Waals surface area contributed by atoms with Crippen LogP contribution >= 0.6 is 11.3 Å². The maximum absolute atomic E-state index is 11.5. The predicted octanol–water partition coefficient (Wildman–Crippen LogP) is 4.64. The summed E-state index contributed by atoms with van der Waals surface area (Å²) in [6, 6.07) is 19.5. The molecule has 5 heteroatoms. The molecule has 1 aliphatic heterocycles. The molecule has 0 spiro atoms. The minimum atomic E-state index is -0.898. The van der Waals surface area contributed by atoms with Crippen molar-refractivity contribution in [1.82, 2.24) is 0 Å². The zero-order chi connectivity index (χ0) is 16.5.